The van der Waals surface area contributed by atoms with Crippen LogP contribution in [0.3, 0.4) is 0 Å². The van der Waals surface area contributed by atoms with Crippen LogP contribution < -0.4 is 0 Å². The second-order valence-electron chi connectivity index (χ2n) is 5.61. The maximum atomic E-state index is 9.44. The molecule has 1 N–H and O–H groups in total. The topological polar surface area (TPSA) is 26.7 Å². The third kappa shape index (κ3) is 7.20. The first-order valence-electron chi connectivity index (χ1n) is 6.37. The van der Waals surface area contributed by atoms with E-state index in [1.54, 1.807) is 0 Å². The average Bonchev–Trinajstić information content (AvgIpc) is 2.17. The predicted octanol–water partition coefficient (Wildman–Crippen LogP) is 1.67. The van der Waals surface area contributed by atoms with Crippen LogP contribution in [0, 0.1) is 5.41 Å². The number of hydrogen-bond donors (Lipinski definition) is 1. The van der Waals surface area contributed by atoms with Crippen molar-refractivity contribution in [1.29, 1.82) is 0 Å². The fourth-order valence-electron chi connectivity index (χ4n) is 2.20. The molecule has 0 aliphatic heterocycles. The van der Waals surface area contributed by atoms with Gasteiger partial charge in [0.2, 0.25) is 0 Å². The van der Waals surface area contributed by atoms with Gasteiger partial charge in [-0.3, -0.25) is 0 Å². The van der Waals surface area contributed by atoms with Gasteiger partial charge in [-0.05, 0) is 47.1 Å². The van der Waals surface area contributed by atoms with Crippen molar-refractivity contribution in [3.63, 3.8) is 0 Å². The van der Waals surface area contributed by atoms with Gasteiger partial charge in [0.15, 0.2) is 0 Å². The molecule has 0 saturated carbocycles. The Morgan fingerprint density at radius 2 is 1.75 bits per heavy atom. The summed E-state index contributed by atoms with van der Waals surface area (Å²) in [5.41, 5.74) is 0.0710. The molecule has 3 heteroatoms. The molecule has 0 saturated heterocycles. The lowest BCUT2D eigenvalue weighted by Gasteiger charge is -2.32. The molecule has 0 heterocycles. The van der Waals surface area contributed by atoms with E-state index in [0.29, 0.717) is 6.61 Å². The maximum Gasteiger partial charge on any atom is 0.0497 e. The minimum atomic E-state index is 0.0710. The fourth-order valence-corrected chi connectivity index (χ4v) is 2.20. The molecular weight excluding hydrogens is 200 g/mol. The zero-order valence-electron chi connectivity index (χ0n) is 11.8. The minimum Gasteiger partial charge on any atom is -0.396 e. The lowest BCUT2D eigenvalue weighted by Crippen LogP contribution is -2.37. The summed E-state index contributed by atoms with van der Waals surface area (Å²) in [5.74, 6) is 0. The highest BCUT2D eigenvalue weighted by atomic mass is 16.3. The van der Waals surface area contributed by atoms with E-state index in [0.717, 1.165) is 32.5 Å². The monoisotopic (exact) mass is 230 g/mol. The first-order valence-corrected chi connectivity index (χ1v) is 6.37. The fraction of sp³-hybridized carbons (Fsp3) is 1.00. The van der Waals surface area contributed by atoms with Gasteiger partial charge < -0.3 is 14.9 Å². The highest BCUT2D eigenvalue weighted by Crippen LogP contribution is 2.23. The van der Waals surface area contributed by atoms with E-state index in [1.807, 2.05) is 0 Å². The molecule has 0 aliphatic carbocycles. The van der Waals surface area contributed by atoms with Gasteiger partial charge in [0.05, 0.1) is 0 Å². The molecule has 0 aromatic carbocycles. The number of rotatable bonds is 9. The van der Waals surface area contributed by atoms with Gasteiger partial charge in [0.1, 0.15) is 0 Å². The van der Waals surface area contributed by atoms with Crippen molar-refractivity contribution in [3.05, 3.63) is 0 Å². The molecule has 0 amide bonds. The van der Waals surface area contributed by atoms with Crippen LogP contribution >= 0.6 is 0 Å². The van der Waals surface area contributed by atoms with Crippen molar-refractivity contribution in [3.8, 4) is 0 Å². The average molecular weight is 230 g/mol. The van der Waals surface area contributed by atoms with Crippen molar-refractivity contribution in [1.82, 2.24) is 9.80 Å². The van der Waals surface area contributed by atoms with E-state index in [9.17, 15) is 5.11 Å². The first-order chi connectivity index (χ1) is 7.43. The van der Waals surface area contributed by atoms with Crippen LogP contribution in [0.5, 0.6) is 0 Å². The molecule has 0 aromatic heterocycles. The second-order valence-corrected chi connectivity index (χ2v) is 5.61. The number of aliphatic hydroxyl groups excluding tert-OH is 1. The first kappa shape index (κ1) is 15.9. The van der Waals surface area contributed by atoms with Gasteiger partial charge in [0.25, 0.3) is 0 Å². The molecule has 0 aliphatic rings. The molecule has 16 heavy (non-hydrogen) atoms. The Hall–Kier alpha value is -0.120. The predicted molar refractivity (Wildman–Crippen MR) is 70.8 cm³/mol. The summed E-state index contributed by atoms with van der Waals surface area (Å²) in [7, 11) is 6.36. The van der Waals surface area contributed by atoms with Crippen molar-refractivity contribution in [2.45, 2.75) is 33.1 Å². The Bertz CT molecular complexity index is 173. The maximum absolute atomic E-state index is 9.44. The van der Waals surface area contributed by atoms with Crippen LogP contribution in [0.2, 0.25) is 0 Å². The van der Waals surface area contributed by atoms with E-state index in [1.165, 1.54) is 6.42 Å². The van der Waals surface area contributed by atoms with Gasteiger partial charge >= 0.3 is 0 Å². The Labute approximate surface area is 101 Å². The minimum absolute atomic E-state index is 0.0710. The highest BCUT2D eigenvalue weighted by molar-refractivity contribution is 4.76. The van der Waals surface area contributed by atoms with Gasteiger partial charge in [-0.25, -0.2) is 0 Å². The quantitative estimate of drug-likeness (QED) is 0.653. The summed E-state index contributed by atoms with van der Waals surface area (Å²) < 4.78 is 0. The van der Waals surface area contributed by atoms with Crippen LogP contribution in [0.25, 0.3) is 0 Å². The van der Waals surface area contributed by atoms with E-state index >= 15 is 0 Å². The normalized spacial score (nSPS) is 15.8. The number of aliphatic hydroxyl groups is 1. The van der Waals surface area contributed by atoms with Crippen molar-refractivity contribution < 1.29 is 5.11 Å². The third-order valence-electron chi connectivity index (χ3n) is 3.03. The van der Waals surface area contributed by atoms with Gasteiger partial charge in [-0.2, -0.15) is 0 Å². The molecule has 0 radical (unpaired) electrons. The molecule has 0 spiro atoms. The summed E-state index contributed by atoms with van der Waals surface area (Å²) in [6.45, 7) is 7.88. The van der Waals surface area contributed by atoms with Gasteiger partial charge in [-0.15, -0.1) is 0 Å². The largest absolute Gasteiger partial charge is 0.396 e. The zero-order chi connectivity index (χ0) is 12.6. The van der Waals surface area contributed by atoms with E-state index in [4.69, 9.17) is 0 Å². The molecular formula is C13H30N2O. The van der Waals surface area contributed by atoms with Crippen LogP contribution in [-0.4, -0.2) is 62.3 Å². The molecule has 1 unspecified atom stereocenters. The zero-order valence-corrected chi connectivity index (χ0v) is 11.8. The lowest BCUT2D eigenvalue weighted by molar-refractivity contribution is 0.0892. The Morgan fingerprint density at radius 1 is 1.12 bits per heavy atom. The second kappa shape index (κ2) is 8.04. The van der Waals surface area contributed by atoms with E-state index in [-0.39, 0.29) is 5.41 Å². The molecule has 0 aromatic rings. The third-order valence-corrected chi connectivity index (χ3v) is 3.03. The summed E-state index contributed by atoms with van der Waals surface area (Å²) in [4.78, 5) is 4.56. The van der Waals surface area contributed by atoms with Crippen LogP contribution in [0.4, 0.5) is 0 Å². The van der Waals surface area contributed by atoms with Crippen molar-refractivity contribution in [2.24, 2.45) is 5.41 Å². The molecule has 3 nitrogen and oxygen atoms in total. The summed E-state index contributed by atoms with van der Waals surface area (Å²) in [5, 5.41) is 9.44. The van der Waals surface area contributed by atoms with Crippen LogP contribution in [0.15, 0.2) is 0 Å². The molecule has 0 fully saturated rings. The lowest BCUT2D eigenvalue weighted by atomic mass is 9.86. The van der Waals surface area contributed by atoms with Crippen molar-refractivity contribution in [2.75, 3.05) is 47.4 Å². The number of hydrogen-bond acceptors (Lipinski definition) is 3. The SMILES string of the molecule is CCCC(C)(CO)CN(C)CCCN(C)C. The summed E-state index contributed by atoms with van der Waals surface area (Å²) in [6, 6.07) is 0. The standard InChI is InChI=1S/C13H30N2O/c1-6-8-13(2,12-16)11-15(5)10-7-9-14(3)4/h16H,6-12H2,1-5H3. The molecule has 0 bridgehead atoms. The molecule has 1 atom stereocenters. The van der Waals surface area contributed by atoms with Gasteiger partial charge in [-0.1, -0.05) is 20.3 Å². The highest BCUT2D eigenvalue weighted by Gasteiger charge is 2.23. The molecule has 98 valence electrons. The van der Waals surface area contributed by atoms with E-state index in [2.05, 4.69) is 44.8 Å². The summed E-state index contributed by atoms with van der Waals surface area (Å²) in [6.07, 6.45) is 3.43. The Kier molecular flexibility index (Phi) is 7.98. The van der Waals surface area contributed by atoms with Crippen LogP contribution in [0.1, 0.15) is 33.1 Å². The Balaban J connectivity index is 3.86. The van der Waals surface area contributed by atoms with Crippen LogP contribution in [-0.2, 0) is 0 Å². The summed E-state index contributed by atoms with van der Waals surface area (Å²) >= 11 is 0. The van der Waals surface area contributed by atoms with Gasteiger partial charge in [0, 0.05) is 18.6 Å². The molecule has 0 rings (SSSR count). The van der Waals surface area contributed by atoms with Crippen molar-refractivity contribution >= 4 is 0 Å². The number of nitrogens with zero attached hydrogens (tertiary/aromatic N) is 2. The smallest absolute Gasteiger partial charge is 0.0497 e. The van der Waals surface area contributed by atoms with E-state index < -0.39 is 0 Å². The Morgan fingerprint density at radius 3 is 2.19 bits per heavy atom.